The fourth-order valence-electron chi connectivity index (χ4n) is 1.78. The molecule has 0 bridgehead atoms. The first kappa shape index (κ1) is 15.3. The van der Waals surface area contributed by atoms with Gasteiger partial charge in [0.2, 0.25) is 0 Å². The minimum absolute atomic E-state index is 0.261. The molecule has 0 radical (unpaired) electrons. The highest BCUT2D eigenvalue weighted by molar-refractivity contribution is 7.98. The van der Waals surface area contributed by atoms with Crippen LogP contribution in [0.2, 0.25) is 0 Å². The Kier molecular flexibility index (Phi) is 5.13. The monoisotopic (exact) mass is 305 g/mol. The summed E-state index contributed by atoms with van der Waals surface area (Å²) in [6.45, 7) is 1.91. The van der Waals surface area contributed by atoms with Crippen LogP contribution in [0.1, 0.15) is 21.6 Å². The molecule has 0 aliphatic heterocycles. The zero-order valence-electron chi connectivity index (χ0n) is 11.7. The average molecular weight is 305 g/mol. The van der Waals surface area contributed by atoms with Gasteiger partial charge in [0.25, 0.3) is 5.91 Å². The molecule has 2 N–H and O–H groups in total. The summed E-state index contributed by atoms with van der Waals surface area (Å²) in [4.78, 5) is 34.9. The quantitative estimate of drug-likeness (QED) is 0.498. The maximum Gasteiger partial charge on any atom is 0.346 e. The summed E-state index contributed by atoms with van der Waals surface area (Å²) in [5.41, 5.74) is 3.61. The number of aromatic nitrogens is 2. The van der Waals surface area contributed by atoms with Crippen molar-refractivity contribution < 1.29 is 9.63 Å². The highest BCUT2D eigenvalue weighted by Gasteiger charge is 2.17. The standard InChI is InChI=1S/C14H15N3O3S/c1-9-11(13(21-2)16-14(19)15-9)12(18)17-20-8-10-6-4-3-5-7-10/h3-7H,8H2,1-2H3,(H,17,18)(H,15,16,19). The lowest BCUT2D eigenvalue weighted by atomic mass is 10.2. The molecular formula is C14H15N3O3S. The summed E-state index contributed by atoms with van der Waals surface area (Å²) < 4.78 is 0. The van der Waals surface area contributed by atoms with E-state index in [1.165, 1.54) is 11.8 Å². The number of thioether (sulfide) groups is 1. The van der Waals surface area contributed by atoms with E-state index in [4.69, 9.17) is 4.84 Å². The summed E-state index contributed by atoms with van der Waals surface area (Å²) in [6.07, 6.45) is 1.75. The minimum Gasteiger partial charge on any atom is -0.309 e. The van der Waals surface area contributed by atoms with E-state index in [0.29, 0.717) is 16.3 Å². The highest BCUT2D eigenvalue weighted by Crippen LogP contribution is 2.17. The Balaban J connectivity index is 2.05. The van der Waals surface area contributed by atoms with Crippen LogP contribution >= 0.6 is 11.8 Å². The molecular weight excluding hydrogens is 290 g/mol. The molecule has 7 heteroatoms. The maximum atomic E-state index is 12.1. The van der Waals surface area contributed by atoms with Gasteiger partial charge in [-0.1, -0.05) is 30.3 Å². The fraction of sp³-hybridized carbons (Fsp3) is 0.214. The zero-order valence-corrected chi connectivity index (χ0v) is 12.5. The first-order chi connectivity index (χ1) is 10.1. The van der Waals surface area contributed by atoms with Crippen LogP contribution in [-0.2, 0) is 11.4 Å². The molecule has 0 saturated heterocycles. The number of carbonyl (C=O) groups excluding carboxylic acids is 1. The number of carbonyl (C=O) groups is 1. The van der Waals surface area contributed by atoms with Crippen molar-refractivity contribution in [3.05, 3.63) is 57.6 Å². The van der Waals surface area contributed by atoms with Crippen molar-refractivity contribution in [3.8, 4) is 0 Å². The molecule has 21 heavy (non-hydrogen) atoms. The van der Waals surface area contributed by atoms with Gasteiger partial charge < -0.3 is 4.98 Å². The van der Waals surface area contributed by atoms with E-state index >= 15 is 0 Å². The van der Waals surface area contributed by atoms with Crippen LogP contribution in [-0.4, -0.2) is 22.1 Å². The zero-order chi connectivity index (χ0) is 15.2. The summed E-state index contributed by atoms with van der Waals surface area (Å²) >= 11 is 1.23. The number of aryl methyl sites for hydroxylation is 1. The number of H-pyrrole nitrogens is 1. The third-order valence-electron chi connectivity index (χ3n) is 2.75. The van der Waals surface area contributed by atoms with Crippen molar-refractivity contribution in [1.29, 1.82) is 0 Å². The van der Waals surface area contributed by atoms with E-state index in [-0.39, 0.29) is 6.61 Å². The number of hydrogen-bond acceptors (Lipinski definition) is 5. The van der Waals surface area contributed by atoms with Crippen LogP contribution in [0.5, 0.6) is 0 Å². The van der Waals surface area contributed by atoms with Gasteiger partial charge in [-0.3, -0.25) is 9.63 Å². The molecule has 1 aromatic heterocycles. The van der Waals surface area contributed by atoms with E-state index in [9.17, 15) is 9.59 Å². The molecule has 6 nitrogen and oxygen atoms in total. The maximum absolute atomic E-state index is 12.1. The van der Waals surface area contributed by atoms with Crippen molar-refractivity contribution in [2.24, 2.45) is 0 Å². The van der Waals surface area contributed by atoms with Crippen molar-refractivity contribution in [2.75, 3.05) is 6.26 Å². The van der Waals surface area contributed by atoms with Crippen LogP contribution in [0.3, 0.4) is 0 Å². The third kappa shape index (κ3) is 3.93. The number of nitrogens with zero attached hydrogens (tertiary/aromatic N) is 1. The molecule has 1 aromatic carbocycles. The summed E-state index contributed by atoms with van der Waals surface area (Å²) in [5.74, 6) is -0.434. The van der Waals surface area contributed by atoms with Crippen molar-refractivity contribution in [3.63, 3.8) is 0 Å². The lowest BCUT2D eigenvalue weighted by molar-refractivity contribution is 0.0229. The van der Waals surface area contributed by atoms with Crippen molar-refractivity contribution in [1.82, 2.24) is 15.4 Å². The molecule has 2 rings (SSSR count). The van der Waals surface area contributed by atoms with Gasteiger partial charge in [-0.2, -0.15) is 4.98 Å². The Morgan fingerprint density at radius 1 is 1.38 bits per heavy atom. The topological polar surface area (TPSA) is 84.1 Å². The molecule has 0 spiro atoms. The first-order valence-corrected chi connectivity index (χ1v) is 7.45. The molecule has 0 unspecified atom stereocenters. The smallest absolute Gasteiger partial charge is 0.309 e. The minimum atomic E-state index is -0.474. The van der Waals surface area contributed by atoms with Crippen LogP contribution in [0.25, 0.3) is 0 Å². The lowest BCUT2D eigenvalue weighted by Gasteiger charge is -2.10. The number of hydroxylamine groups is 1. The molecule has 0 fully saturated rings. The van der Waals surface area contributed by atoms with Gasteiger partial charge in [0.15, 0.2) is 0 Å². The number of hydrogen-bond donors (Lipinski definition) is 2. The molecule has 0 atom stereocenters. The molecule has 0 aliphatic carbocycles. The van der Waals surface area contributed by atoms with Crippen LogP contribution in [0, 0.1) is 6.92 Å². The van der Waals surface area contributed by atoms with E-state index in [0.717, 1.165) is 5.56 Å². The molecule has 2 aromatic rings. The Morgan fingerprint density at radius 2 is 2.10 bits per heavy atom. The largest absolute Gasteiger partial charge is 0.346 e. The van der Waals surface area contributed by atoms with Crippen LogP contribution < -0.4 is 11.2 Å². The second-order valence-electron chi connectivity index (χ2n) is 4.26. The lowest BCUT2D eigenvalue weighted by Crippen LogP contribution is -2.28. The van der Waals surface area contributed by atoms with Gasteiger partial charge >= 0.3 is 5.69 Å². The van der Waals surface area contributed by atoms with E-state index in [2.05, 4.69) is 15.4 Å². The van der Waals surface area contributed by atoms with E-state index in [1.807, 2.05) is 30.3 Å². The Labute approximate surface area is 125 Å². The van der Waals surface area contributed by atoms with Gasteiger partial charge in [0.05, 0.1) is 12.2 Å². The highest BCUT2D eigenvalue weighted by atomic mass is 32.2. The number of amides is 1. The van der Waals surface area contributed by atoms with Crippen LogP contribution in [0.4, 0.5) is 0 Å². The third-order valence-corrected chi connectivity index (χ3v) is 3.44. The molecule has 1 heterocycles. The first-order valence-electron chi connectivity index (χ1n) is 6.22. The molecule has 110 valence electrons. The number of rotatable bonds is 5. The van der Waals surface area contributed by atoms with Crippen LogP contribution in [0.15, 0.2) is 40.2 Å². The Bertz CT molecular complexity index is 686. The average Bonchev–Trinajstić information content (AvgIpc) is 2.47. The van der Waals surface area contributed by atoms with Crippen molar-refractivity contribution >= 4 is 17.7 Å². The van der Waals surface area contributed by atoms with Gasteiger partial charge in [-0.05, 0) is 18.7 Å². The predicted molar refractivity (Wildman–Crippen MR) is 80.1 cm³/mol. The van der Waals surface area contributed by atoms with E-state index < -0.39 is 11.6 Å². The second-order valence-corrected chi connectivity index (χ2v) is 5.05. The van der Waals surface area contributed by atoms with Crippen molar-refractivity contribution in [2.45, 2.75) is 18.6 Å². The summed E-state index contributed by atoms with van der Waals surface area (Å²) in [7, 11) is 0. The Hall–Kier alpha value is -2.12. The summed E-state index contributed by atoms with van der Waals surface area (Å²) in [6, 6.07) is 9.48. The van der Waals surface area contributed by atoms with Gasteiger partial charge in [-0.25, -0.2) is 10.3 Å². The molecule has 0 saturated carbocycles. The van der Waals surface area contributed by atoms with Gasteiger partial charge in [0.1, 0.15) is 5.03 Å². The SMILES string of the molecule is CSc1nc(=O)[nH]c(C)c1C(=O)NOCc1ccccc1. The summed E-state index contributed by atoms with van der Waals surface area (Å²) in [5, 5.41) is 0.372. The normalized spacial score (nSPS) is 10.4. The Morgan fingerprint density at radius 3 is 2.76 bits per heavy atom. The second kappa shape index (κ2) is 7.05. The number of nitrogens with one attached hydrogen (secondary N) is 2. The molecule has 1 amide bonds. The predicted octanol–water partition coefficient (Wildman–Crippen LogP) is 1.66. The number of aromatic amines is 1. The van der Waals surface area contributed by atoms with Gasteiger partial charge in [0, 0.05) is 5.69 Å². The van der Waals surface area contributed by atoms with E-state index in [1.54, 1.807) is 13.2 Å². The number of benzene rings is 1. The fourth-order valence-corrected chi connectivity index (χ4v) is 2.41. The molecule has 0 aliphatic rings. The van der Waals surface area contributed by atoms with Gasteiger partial charge in [-0.15, -0.1) is 11.8 Å².